The molecule has 1 aliphatic heterocycles. The molecule has 0 atom stereocenters. The third-order valence-electron chi connectivity index (χ3n) is 3.46. The largest absolute Gasteiger partial charge is 0.367 e. The number of hydrogen-bond donors (Lipinski definition) is 1. The van der Waals surface area contributed by atoms with Gasteiger partial charge in [0, 0.05) is 30.5 Å². The second kappa shape index (κ2) is 7.88. The molecule has 2 rings (SSSR count). The first-order valence-corrected chi connectivity index (χ1v) is 11.6. The summed E-state index contributed by atoms with van der Waals surface area (Å²) in [5, 5.41) is 0. The number of hydrogen-bond acceptors (Lipinski definition) is 3. The molecular formula is C17H23BrN2OS. The van der Waals surface area contributed by atoms with E-state index in [4.69, 9.17) is 0 Å². The third kappa shape index (κ3) is 5.54. The molecule has 0 radical (unpaired) electrons. The lowest BCUT2D eigenvalue weighted by Gasteiger charge is -2.25. The maximum absolute atomic E-state index is 12.0. The van der Waals surface area contributed by atoms with Gasteiger partial charge < -0.3 is 4.90 Å². The normalized spacial score (nSPS) is 16.6. The molecule has 0 aliphatic carbocycles. The van der Waals surface area contributed by atoms with Gasteiger partial charge in [-0.05, 0) is 47.3 Å². The number of rotatable bonds is 6. The second-order valence-electron chi connectivity index (χ2n) is 5.50. The van der Waals surface area contributed by atoms with Crippen molar-refractivity contribution in [3.05, 3.63) is 59.4 Å². The van der Waals surface area contributed by atoms with Gasteiger partial charge in [0.15, 0.2) is 0 Å². The van der Waals surface area contributed by atoms with E-state index in [2.05, 4.69) is 68.2 Å². The topological polar surface area (TPSA) is 32.7 Å². The summed E-state index contributed by atoms with van der Waals surface area (Å²) in [4.78, 5) is 6.76. The lowest BCUT2D eigenvalue weighted by atomic mass is 10.1. The fourth-order valence-electron chi connectivity index (χ4n) is 2.29. The van der Waals surface area contributed by atoms with Gasteiger partial charge in [-0.3, -0.25) is 9.20 Å². The van der Waals surface area contributed by atoms with Crippen molar-refractivity contribution in [3.63, 3.8) is 0 Å². The minimum absolute atomic E-state index is 0.502. The molecule has 0 unspecified atom stereocenters. The fraction of sp³-hybridized carbons (Fsp3) is 0.353. The number of halogens is 1. The van der Waals surface area contributed by atoms with E-state index < -0.39 is 8.37 Å². The van der Waals surface area contributed by atoms with Gasteiger partial charge in [0.25, 0.3) is 0 Å². The Bertz CT molecular complexity index is 637. The molecule has 0 saturated heterocycles. The summed E-state index contributed by atoms with van der Waals surface area (Å²) in [6.45, 7) is 5.66. The maximum atomic E-state index is 12.0. The Kier molecular flexibility index (Phi) is 6.15. The van der Waals surface area contributed by atoms with Gasteiger partial charge in [0.05, 0.1) is 12.2 Å². The molecule has 0 amide bonds. The average Bonchev–Trinajstić information content (AvgIpc) is 2.47. The quantitative estimate of drug-likeness (QED) is 0.462. The predicted molar refractivity (Wildman–Crippen MR) is 101 cm³/mol. The van der Waals surface area contributed by atoms with Crippen molar-refractivity contribution in [2.75, 3.05) is 18.1 Å². The summed E-state index contributed by atoms with van der Waals surface area (Å²) in [5.41, 5.74) is 3.49. The Balaban J connectivity index is 1.98. The van der Waals surface area contributed by atoms with E-state index in [1.807, 2.05) is 13.0 Å². The van der Waals surface area contributed by atoms with E-state index >= 15 is 0 Å². The summed E-state index contributed by atoms with van der Waals surface area (Å²) < 4.78 is 12.0. The molecule has 5 heteroatoms. The highest BCUT2D eigenvalue weighted by Gasteiger charge is 2.10. The molecule has 0 spiro atoms. The van der Waals surface area contributed by atoms with E-state index in [1.165, 1.54) is 11.1 Å². The fourth-order valence-corrected chi connectivity index (χ4v) is 3.27. The van der Waals surface area contributed by atoms with Gasteiger partial charge in [-0.15, -0.1) is 0 Å². The molecule has 0 saturated carbocycles. The number of allylic oxidation sites excluding steroid dienone is 2. The number of thiol groups is 1. The SMILES string of the molecule is CC[SH](=O)(Br)CC=NC1=CC(C)=CN(Cc2ccccc2)C1. The second-order valence-corrected chi connectivity index (χ2v) is 12.0. The highest BCUT2D eigenvalue weighted by atomic mass is 79.9. The monoisotopic (exact) mass is 382 g/mol. The van der Waals surface area contributed by atoms with Crippen molar-refractivity contribution in [1.29, 1.82) is 0 Å². The summed E-state index contributed by atoms with van der Waals surface area (Å²) in [6.07, 6.45) is 6.03. The van der Waals surface area contributed by atoms with Crippen molar-refractivity contribution in [3.8, 4) is 0 Å². The van der Waals surface area contributed by atoms with E-state index in [0.717, 1.165) is 18.8 Å². The van der Waals surface area contributed by atoms with Gasteiger partial charge in [-0.25, -0.2) is 0 Å². The molecule has 120 valence electrons. The van der Waals surface area contributed by atoms with Crippen LogP contribution in [0.25, 0.3) is 0 Å². The molecule has 1 aliphatic rings. The van der Waals surface area contributed by atoms with Crippen LogP contribution in [0.4, 0.5) is 0 Å². The first-order chi connectivity index (χ1) is 10.5. The minimum Gasteiger partial charge on any atom is -0.367 e. The van der Waals surface area contributed by atoms with Crippen LogP contribution in [-0.4, -0.2) is 33.4 Å². The molecule has 3 nitrogen and oxygen atoms in total. The van der Waals surface area contributed by atoms with Gasteiger partial charge in [-0.2, -0.15) is 0 Å². The van der Waals surface area contributed by atoms with Crippen molar-refractivity contribution < 1.29 is 4.21 Å². The number of benzene rings is 1. The molecule has 1 aromatic rings. The molecule has 22 heavy (non-hydrogen) atoms. The minimum atomic E-state index is -2.22. The van der Waals surface area contributed by atoms with Crippen LogP contribution in [0.5, 0.6) is 0 Å². The van der Waals surface area contributed by atoms with E-state index in [1.54, 1.807) is 6.21 Å². The van der Waals surface area contributed by atoms with E-state index in [0.29, 0.717) is 11.5 Å². The van der Waals surface area contributed by atoms with Crippen molar-refractivity contribution in [1.82, 2.24) is 4.90 Å². The van der Waals surface area contributed by atoms with Crippen LogP contribution >= 0.6 is 14.8 Å². The van der Waals surface area contributed by atoms with Crippen LogP contribution in [0.15, 0.2) is 58.9 Å². The Morgan fingerprint density at radius 1 is 1.36 bits per heavy atom. The predicted octanol–water partition coefficient (Wildman–Crippen LogP) is 3.71. The first kappa shape index (κ1) is 17.2. The molecule has 0 aromatic heterocycles. The lowest BCUT2D eigenvalue weighted by Crippen LogP contribution is -2.22. The number of nitrogens with zero attached hydrogens (tertiary/aromatic N) is 2. The molecular weight excluding hydrogens is 360 g/mol. The van der Waals surface area contributed by atoms with Crippen LogP contribution in [0.2, 0.25) is 0 Å². The summed E-state index contributed by atoms with van der Waals surface area (Å²) >= 11 is 3.30. The standard InChI is InChI=1S/C17H23BrN2OS/c1-3-22(18,21)10-9-19-17-11-15(2)12-20(14-17)13-16-7-5-4-6-8-16/h4-9,11-12,22H,3,10,13-14H2,1-2H3. The highest BCUT2D eigenvalue weighted by molar-refractivity contribution is 9.49. The number of aliphatic imine (C=N–C) groups is 1. The van der Waals surface area contributed by atoms with Crippen LogP contribution < -0.4 is 0 Å². The van der Waals surface area contributed by atoms with Crippen molar-refractivity contribution in [2.24, 2.45) is 4.99 Å². The van der Waals surface area contributed by atoms with E-state index in [9.17, 15) is 4.21 Å². The molecule has 0 bridgehead atoms. The van der Waals surface area contributed by atoms with Gasteiger partial charge in [0.1, 0.15) is 0 Å². The van der Waals surface area contributed by atoms with Crippen LogP contribution in [0.1, 0.15) is 19.4 Å². The third-order valence-corrected chi connectivity index (χ3v) is 7.48. The highest BCUT2D eigenvalue weighted by Crippen LogP contribution is 2.17. The zero-order valence-corrected chi connectivity index (χ0v) is 15.6. The molecule has 1 aromatic carbocycles. The Morgan fingerprint density at radius 2 is 2.09 bits per heavy atom. The zero-order valence-electron chi connectivity index (χ0n) is 13.1. The van der Waals surface area contributed by atoms with Crippen LogP contribution in [-0.2, 0) is 14.9 Å². The molecule has 0 fully saturated rings. The Morgan fingerprint density at radius 3 is 2.77 bits per heavy atom. The Hall–Kier alpha value is -1.20. The average molecular weight is 383 g/mol. The van der Waals surface area contributed by atoms with Gasteiger partial charge in [0.2, 0.25) is 0 Å². The van der Waals surface area contributed by atoms with Crippen LogP contribution in [0, 0.1) is 0 Å². The van der Waals surface area contributed by atoms with E-state index in [-0.39, 0.29) is 0 Å². The Labute approximate surface area is 141 Å². The van der Waals surface area contributed by atoms with Gasteiger partial charge >= 0.3 is 0 Å². The van der Waals surface area contributed by atoms with Crippen molar-refractivity contribution >= 4 is 29.4 Å². The van der Waals surface area contributed by atoms with Gasteiger partial charge in [-0.1, -0.05) is 37.3 Å². The summed E-state index contributed by atoms with van der Waals surface area (Å²) in [7, 11) is -2.22. The molecule has 0 N–H and O–H groups in total. The summed E-state index contributed by atoms with van der Waals surface area (Å²) in [6, 6.07) is 10.4. The summed E-state index contributed by atoms with van der Waals surface area (Å²) in [5.74, 6) is 1.15. The van der Waals surface area contributed by atoms with Crippen molar-refractivity contribution in [2.45, 2.75) is 20.4 Å². The first-order valence-electron chi connectivity index (χ1n) is 7.46. The van der Waals surface area contributed by atoms with Crippen LogP contribution in [0.3, 0.4) is 0 Å². The maximum Gasteiger partial charge on any atom is 0.0600 e. The lowest BCUT2D eigenvalue weighted by molar-refractivity contribution is 0.391. The smallest absolute Gasteiger partial charge is 0.0600 e. The zero-order chi connectivity index (χ0) is 16.0. The molecule has 1 heterocycles.